The van der Waals surface area contributed by atoms with Gasteiger partial charge in [-0.15, -0.1) is 12.4 Å². The second-order valence-electron chi connectivity index (χ2n) is 3.60. The van der Waals surface area contributed by atoms with Gasteiger partial charge in [0, 0.05) is 18.5 Å². The number of halogens is 1. The smallest absolute Gasteiger partial charge is 0.228 e. The third kappa shape index (κ3) is 3.28. The highest BCUT2D eigenvalue weighted by molar-refractivity contribution is 5.85. The van der Waals surface area contributed by atoms with Gasteiger partial charge in [-0.2, -0.15) is 4.98 Å². The average molecular weight is 254 g/mol. The minimum Gasteiger partial charge on any atom is -0.339 e. The summed E-state index contributed by atoms with van der Waals surface area (Å²) in [5, 5.41) is 3.92. The molecule has 0 bridgehead atoms. The van der Waals surface area contributed by atoms with Crippen LogP contribution in [-0.2, 0) is 12.8 Å². The summed E-state index contributed by atoms with van der Waals surface area (Å²) >= 11 is 0. The molecule has 0 aliphatic rings. The molecule has 0 atom stereocenters. The highest BCUT2D eigenvalue weighted by Crippen LogP contribution is 2.16. The highest BCUT2D eigenvalue weighted by atomic mass is 35.5. The predicted molar refractivity (Wildman–Crippen MR) is 69.1 cm³/mol. The number of aromatic nitrogens is 2. The molecule has 1 aromatic heterocycles. The molecule has 0 aliphatic heterocycles. The Labute approximate surface area is 107 Å². The zero-order valence-electron chi connectivity index (χ0n) is 9.72. The molecule has 0 spiro atoms. The summed E-state index contributed by atoms with van der Waals surface area (Å²) in [4.78, 5) is 4.27. The Morgan fingerprint density at radius 2 is 1.94 bits per heavy atom. The molecule has 1 heterocycles. The van der Waals surface area contributed by atoms with E-state index < -0.39 is 0 Å². The van der Waals surface area contributed by atoms with Crippen molar-refractivity contribution in [3.05, 3.63) is 35.7 Å². The normalized spacial score (nSPS) is 10.0. The fourth-order valence-corrected chi connectivity index (χ4v) is 1.49. The molecule has 1 aromatic carbocycles. The Balaban J connectivity index is 0.00000144. The maximum Gasteiger partial charge on any atom is 0.228 e. The van der Waals surface area contributed by atoms with Crippen LogP contribution in [0.4, 0.5) is 0 Å². The van der Waals surface area contributed by atoms with Crippen LogP contribution < -0.4 is 5.73 Å². The first kappa shape index (κ1) is 13.7. The molecule has 0 fully saturated rings. The number of rotatable bonds is 4. The van der Waals surface area contributed by atoms with Gasteiger partial charge in [0.05, 0.1) is 0 Å². The molecule has 0 saturated carbocycles. The van der Waals surface area contributed by atoms with Crippen LogP contribution >= 0.6 is 12.4 Å². The maximum absolute atomic E-state index is 5.42. The lowest BCUT2D eigenvalue weighted by atomic mass is 10.1. The van der Waals surface area contributed by atoms with Crippen LogP contribution in [0, 0.1) is 0 Å². The number of aryl methyl sites for hydroxylation is 1. The summed E-state index contributed by atoms with van der Waals surface area (Å²) < 4.78 is 5.07. The topological polar surface area (TPSA) is 64.9 Å². The van der Waals surface area contributed by atoms with Crippen molar-refractivity contribution in [2.45, 2.75) is 19.8 Å². The van der Waals surface area contributed by atoms with Crippen molar-refractivity contribution in [2.24, 2.45) is 5.73 Å². The Bertz CT molecular complexity index is 453. The van der Waals surface area contributed by atoms with E-state index >= 15 is 0 Å². The van der Waals surface area contributed by atoms with Gasteiger partial charge in [0.25, 0.3) is 0 Å². The number of hydrogen-bond acceptors (Lipinski definition) is 4. The lowest BCUT2D eigenvalue weighted by Crippen LogP contribution is -2.02. The summed E-state index contributed by atoms with van der Waals surface area (Å²) in [6.07, 6.45) is 1.66. The van der Waals surface area contributed by atoms with Crippen molar-refractivity contribution in [1.82, 2.24) is 10.1 Å². The quantitative estimate of drug-likeness (QED) is 0.908. The second kappa shape index (κ2) is 6.37. The molecular weight excluding hydrogens is 238 g/mol. The van der Waals surface area contributed by atoms with E-state index in [1.54, 1.807) is 0 Å². The van der Waals surface area contributed by atoms with Crippen molar-refractivity contribution in [1.29, 1.82) is 0 Å². The van der Waals surface area contributed by atoms with Gasteiger partial charge in [-0.1, -0.05) is 36.3 Å². The zero-order valence-corrected chi connectivity index (χ0v) is 10.5. The minimum absolute atomic E-state index is 0. The zero-order chi connectivity index (χ0) is 11.4. The molecule has 0 radical (unpaired) electrons. The fraction of sp³-hybridized carbons (Fsp3) is 0.333. The van der Waals surface area contributed by atoms with Crippen molar-refractivity contribution in [3.8, 4) is 11.4 Å². The highest BCUT2D eigenvalue weighted by Gasteiger charge is 2.07. The number of nitrogens with two attached hydrogens (primary N) is 1. The number of hydrogen-bond donors (Lipinski definition) is 1. The van der Waals surface area contributed by atoms with Gasteiger partial charge >= 0.3 is 0 Å². The molecule has 2 rings (SSSR count). The van der Waals surface area contributed by atoms with E-state index in [-0.39, 0.29) is 12.4 Å². The van der Waals surface area contributed by atoms with E-state index in [2.05, 4.69) is 29.2 Å². The second-order valence-corrected chi connectivity index (χ2v) is 3.60. The molecule has 5 heteroatoms. The van der Waals surface area contributed by atoms with Gasteiger partial charge in [0.2, 0.25) is 11.7 Å². The summed E-state index contributed by atoms with van der Waals surface area (Å²) in [7, 11) is 0. The molecule has 2 aromatic rings. The van der Waals surface area contributed by atoms with Gasteiger partial charge in [0.15, 0.2) is 0 Å². The van der Waals surface area contributed by atoms with E-state index in [9.17, 15) is 0 Å². The Morgan fingerprint density at radius 3 is 2.53 bits per heavy atom. The Hall–Kier alpha value is -1.39. The van der Waals surface area contributed by atoms with Gasteiger partial charge < -0.3 is 10.3 Å². The van der Waals surface area contributed by atoms with Crippen molar-refractivity contribution in [2.75, 3.05) is 6.54 Å². The van der Waals surface area contributed by atoms with Gasteiger partial charge in [-0.05, 0) is 12.0 Å². The summed E-state index contributed by atoms with van der Waals surface area (Å²) in [5.74, 6) is 1.23. The van der Waals surface area contributed by atoms with Crippen LogP contribution in [0.15, 0.2) is 28.8 Å². The minimum atomic E-state index is 0. The van der Waals surface area contributed by atoms with E-state index in [0.717, 1.165) is 12.0 Å². The summed E-state index contributed by atoms with van der Waals surface area (Å²) in [5.41, 5.74) is 7.70. The first-order valence-corrected chi connectivity index (χ1v) is 5.45. The van der Waals surface area contributed by atoms with Crippen LogP contribution in [0.5, 0.6) is 0 Å². The van der Waals surface area contributed by atoms with Crippen LogP contribution in [-0.4, -0.2) is 16.7 Å². The number of nitrogens with zero attached hydrogens (tertiary/aromatic N) is 2. The standard InChI is InChI=1S/C12H15N3O.ClH/c1-2-9-3-5-10(6-4-9)12-14-11(7-8-13)16-15-12;/h3-6H,2,7-8,13H2,1H3;1H. The Kier molecular flexibility index (Phi) is 5.12. The third-order valence-electron chi connectivity index (χ3n) is 2.45. The summed E-state index contributed by atoms with van der Waals surface area (Å²) in [6, 6.07) is 8.18. The summed E-state index contributed by atoms with van der Waals surface area (Å²) in [6.45, 7) is 2.65. The van der Waals surface area contributed by atoms with E-state index in [0.29, 0.717) is 24.7 Å². The average Bonchev–Trinajstić information content (AvgIpc) is 2.78. The first-order chi connectivity index (χ1) is 7.83. The largest absolute Gasteiger partial charge is 0.339 e. The Morgan fingerprint density at radius 1 is 1.24 bits per heavy atom. The maximum atomic E-state index is 5.42. The SMILES string of the molecule is CCc1ccc(-c2noc(CCN)n2)cc1.Cl. The van der Waals surface area contributed by atoms with E-state index in [1.165, 1.54) is 5.56 Å². The van der Waals surface area contributed by atoms with Crippen molar-refractivity contribution in [3.63, 3.8) is 0 Å². The first-order valence-electron chi connectivity index (χ1n) is 5.45. The monoisotopic (exact) mass is 253 g/mol. The number of benzene rings is 1. The van der Waals surface area contributed by atoms with Crippen LogP contribution in [0.25, 0.3) is 11.4 Å². The van der Waals surface area contributed by atoms with E-state index in [1.807, 2.05) is 12.1 Å². The molecule has 92 valence electrons. The van der Waals surface area contributed by atoms with Crippen LogP contribution in [0.2, 0.25) is 0 Å². The molecule has 2 N–H and O–H groups in total. The van der Waals surface area contributed by atoms with Crippen LogP contribution in [0.3, 0.4) is 0 Å². The van der Waals surface area contributed by atoms with E-state index in [4.69, 9.17) is 10.3 Å². The molecular formula is C12H16ClN3O. The predicted octanol–water partition coefficient (Wildman–Crippen LogP) is 2.22. The van der Waals surface area contributed by atoms with Crippen LogP contribution in [0.1, 0.15) is 18.4 Å². The van der Waals surface area contributed by atoms with Crippen molar-refractivity contribution >= 4 is 12.4 Å². The molecule has 0 aliphatic carbocycles. The molecule has 0 amide bonds. The molecule has 0 unspecified atom stereocenters. The fourth-order valence-electron chi connectivity index (χ4n) is 1.49. The molecule has 0 saturated heterocycles. The van der Waals surface area contributed by atoms with Gasteiger partial charge in [-0.25, -0.2) is 0 Å². The molecule has 17 heavy (non-hydrogen) atoms. The molecule has 4 nitrogen and oxygen atoms in total. The van der Waals surface area contributed by atoms with Gasteiger partial charge in [0.1, 0.15) is 0 Å². The lowest BCUT2D eigenvalue weighted by Gasteiger charge is -1.97. The third-order valence-corrected chi connectivity index (χ3v) is 2.45. The van der Waals surface area contributed by atoms with Gasteiger partial charge in [-0.3, -0.25) is 0 Å². The lowest BCUT2D eigenvalue weighted by molar-refractivity contribution is 0.380. The van der Waals surface area contributed by atoms with Crippen molar-refractivity contribution < 1.29 is 4.52 Å².